The maximum atomic E-state index is 12.4. The predicted molar refractivity (Wildman–Crippen MR) is 118 cm³/mol. The summed E-state index contributed by atoms with van der Waals surface area (Å²) in [7, 11) is 0. The zero-order valence-corrected chi connectivity index (χ0v) is 18.2. The number of para-hydroxylation sites is 1. The number of ether oxygens (including phenoxy) is 2. The Morgan fingerprint density at radius 2 is 2.00 bits per heavy atom. The van der Waals surface area contributed by atoms with E-state index in [1.165, 1.54) is 0 Å². The Morgan fingerprint density at radius 1 is 1.23 bits per heavy atom. The zero-order chi connectivity index (χ0) is 20.2. The molecule has 1 fully saturated rings. The first kappa shape index (κ1) is 22.3. The lowest BCUT2D eigenvalue weighted by Crippen LogP contribution is -2.38. The maximum Gasteiger partial charge on any atom is 0.279 e. The molecule has 1 saturated heterocycles. The third-order valence-electron chi connectivity index (χ3n) is 5.14. The molecule has 1 aliphatic heterocycles. The molecular weight excluding hydrogens is 406 g/mol. The quantitative estimate of drug-likeness (QED) is 0.616. The molecule has 30 heavy (non-hydrogen) atoms. The molecule has 1 aliphatic rings. The Balaban J connectivity index is 0.00000256. The van der Waals surface area contributed by atoms with Gasteiger partial charge in [0.05, 0.1) is 19.5 Å². The fourth-order valence-corrected chi connectivity index (χ4v) is 3.51. The van der Waals surface area contributed by atoms with E-state index in [9.17, 15) is 4.79 Å². The molecule has 1 aromatic carbocycles. The van der Waals surface area contributed by atoms with Gasteiger partial charge >= 0.3 is 0 Å². The van der Waals surface area contributed by atoms with Crippen LogP contribution in [0.4, 0.5) is 0 Å². The molecule has 0 spiro atoms. The number of aromatic nitrogens is 4. The van der Waals surface area contributed by atoms with Crippen molar-refractivity contribution in [3.63, 3.8) is 0 Å². The first-order valence-electron chi connectivity index (χ1n) is 10.1. The number of hydrogen-bond donors (Lipinski definition) is 1. The third kappa shape index (κ3) is 5.00. The average Bonchev–Trinajstić information content (AvgIpc) is 3.15. The van der Waals surface area contributed by atoms with Gasteiger partial charge in [-0.05, 0) is 19.9 Å². The smallest absolute Gasteiger partial charge is 0.279 e. The van der Waals surface area contributed by atoms with Crippen LogP contribution in [-0.4, -0.2) is 63.9 Å². The summed E-state index contributed by atoms with van der Waals surface area (Å²) in [6.45, 7) is 9.02. The van der Waals surface area contributed by atoms with Crippen molar-refractivity contribution in [2.75, 3.05) is 39.5 Å². The number of nitrogens with one attached hydrogen (secondary N) is 1. The van der Waals surface area contributed by atoms with Crippen molar-refractivity contribution in [3.05, 3.63) is 52.3 Å². The lowest BCUT2D eigenvalue weighted by Gasteiger charge is -2.26. The van der Waals surface area contributed by atoms with Crippen molar-refractivity contribution in [3.8, 4) is 5.75 Å². The van der Waals surface area contributed by atoms with Gasteiger partial charge in [0.15, 0.2) is 11.2 Å². The van der Waals surface area contributed by atoms with Gasteiger partial charge in [-0.2, -0.15) is 0 Å². The van der Waals surface area contributed by atoms with Crippen LogP contribution in [0, 0.1) is 0 Å². The van der Waals surface area contributed by atoms with Crippen LogP contribution in [0.5, 0.6) is 5.75 Å². The van der Waals surface area contributed by atoms with Crippen molar-refractivity contribution in [1.29, 1.82) is 0 Å². The fraction of sp³-hybridized carbons (Fsp3) is 0.476. The van der Waals surface area contributed by atoms with E-state index in [0.29, 0.717) is 30.0 Å². The van der Waals surface area contributed by atoms with Gasteiger partial charge in [-0.3, -0.25) is 9.69 Å². The molecule has 162 valence electrons. The molecule has 8 nitrogen and oxygen atoms in total. The number of aromatic amines is 1. The molecule has 0 radical (unpaired) electrons. The summed E-state index contributed by atoms with van der Waals surface area (Å²) in [5, 5.41) is 0. The third-order valence-corrected chi connectivity index (χ3v) is 5.14. The van der Waals surface area contributed by atoms with Gasteiger partial charge in [0.2, 0.25) is 0 Å². The number of nitrogens with zero attached hydrogens (tertiary/aromatic N) is 4. The molecule has 3 aromatic rings. The average molecular weight is 434 g/mol. The van der Waals surface area contributed by atoms with Gasteiger partial charge in [-0.15, -0.1) is 12.4 Å². The predicted octanol–water partition coefficient (Wildman–Crippen LogP) is 2.42. The van der Waals surface area contributed by atoms with Crippen LogP contribution in [0.2, 0.25) is 0 Å². The van der Waals surface area contributed by atoms with E-state index in [0.717, 1.165) is 44.2 Å². The largest absolute Gasteiger partial charge is 0.492 e. The molecule has 4 rings (SSSR count). The summed E-state index contributed by atoms with van der Waals surface area (Å²) in [4.78, 5) is 26.5. The van der Waals surface area contributed by atoms with E-state index in [4.69, 9.17) is 9.47 Å². The number of morpholine rings is 1. The first-order chi connectivity index (χ1) is 14.1. The van der Waals surface area contributed by atoms with Crippen LogP contribution in [0.1, 0.15) is 31.3 Å². The second kappa shape index (κ2) is 10.1. The number of benzene rings is 1. The number of rotatable bonds is 7. The van der Waals surface area contributed by atoms with Gasteiger partial charge in [-0.1, -0.05) is 18.2 Å². The standard InChI is InChI=1S/C21H27N5O3.ClH/c1-15(2)26-14-22-19-20(26)23-18(24-21(19)27)13-16-5-3-4-6-17(16)29-12-9-25-7-10-28-11-8-25;/h3-6,14-15H,7-13H2,1-2H3,(H,23,24,27);1H. The highest BCUT2D eigenvalue weighted by Gasteiger charge is 2.14. The van der Waals surface area contributed by atoms with Crippen LogP contribution in [0.25, 0.3) is 11.2 Å². The zero-order valence-electron chi connectivity index (χ0n) is 17.3. The number of hydrogen-bond acceptors (Lipinski definition) is 6. The minimum absolute atomic E-state index is 0. The number of halogens is 1. The molecule has 0 bridgehead atoms. The summed E-state index contributed by atoms with van der Waals surface area (Å²) >= 11 is 0. The Labute approximate surface area is 181 Å². The van der Waals surface area contributed by atoms with Crippen LogP contribution in [0.15, 0.2) is 35.4 Å². The molecule has 3 heterocycles. The molecule has 2 aromatic heterocycles. The van der Waals surface area contributed by atoms with Crippen molar-refractivity contribution >= 4 is 23.6 Å². The maximum absolute atomic E-state index is 12.4. The van der Waals surface area contributed by atoms with Gasteiger partial charge in [0, 0.05) is 37.7 Å². The summed E-state index contributed by atoms with van der Waals surface area (Å²) < 4.78 is 13.4. The Kier molecular flexibility index (Phi) is 7.47. The number of imidazole rings is 1. The van der Waals surface area contributed by atoms with Gasteiger partial charge in [0.25, 0.3) is 5.56 Å². The van der Waals surface area contributed by atoms with Crippen LogP contribution >= 0.6 is 12.4 Å². The highest BCUT2D eigenvalue weighted by atomic mass is 35.5. The van der Waals surface area contributed by atoms with Crippen molar-refractivity contribution in [1.82, 2.24) is 24.4 Å². The SMILES string of the molecule is CC(C)n1cnc2c(=O)[nH]c(Cc3ccccc3OCCN3CCOCC3)nc21.Cl. The van der Waals surface area contributed by atoms with Crippen molar-refractivity contribution in [2.24, 2.45) is 0 Å². The van der Waals surface area contributed by atoms with E-state index < -0.39 is 0 Å². The van der Waals surface area contributed by atoms with E-state index in [1.807, 2.05) is 42.7 Å². The monoisotopic (exact) mass is 433 g/mol. The minimum Gasteiger partial charge on any atom is -0.492 e. The highest BCUT2D eigenvalue weighted by Crippen LogP contribution is 2.21. The van der Waals surface area contributed by atoms with E-state index in [1.54, 1.807) is 6.33 Å². The Hall–Kier alpha value is -2.42. The molecule has 0 amide bonds. The Bertz CT molecular complexity index is 1030. The Morgan fingerprint density at radius 3 is 2.77 bits per heavy atom. The van der Waals surface area contributed by atoms with Crippen LogP contribution in [-0.2, 0) is 11.2 Å². The van der Waals surface area contributed by atoms with Gasteiger partial charge < -0.3 is 19.0 Å². The fourth-order valence-electron chi connectivity index (χ4n) is 3.51. The lowest BCUT2D eigenvalue weighted by atomic mass is 10.1. The van der Waals surface area contributed by atoms with E-state index in [-0.39, 0.29) is 24.0 Å². The van der Waals surface area contributed by atoms with Gasteiger partial charge in [-0.25, -0.2) is 9.97 Å². The number of H-pyrrole nitrogens is 1. The first-order valence-corrected chi connectivity index (χ1v) is 10.1. The number of fused-ring (bicyclic) bond motifs is 1. The van der Waals surface area contributed by atoms with E-state index >= 15 is 0 Å². The van der Waals surface area contributed by atoms with Crippen molar-refractivity contribution in [2.45, 2.75) is 26.3 Å². The van der Waals surface area contributed by atoms with Crippen LogP contribution in [0.3, 0.4) is 0 Å². The second-order valence-electron chi connectivity index (χ2n) is 7.52. The molecule has 0 atom stereocenters. The molecule has 9 heteroatoms. The van der Waals surface area contributed by atoms with Crippen molar-refractivity contribution < 1.29 is 9.47 Å². The van der Waals surface area contributed by atoms with Crippen LogP contribution < -0.4 is 10.3 Å². The molecule has 1 N–H and O–H groups in total. The highest BCUT2D eigenvalue weighted by molar-refractivity contribution is 5.85. The summed E-state index contributed by atoms with van der Waals surface area (Å²) in [6, 6.07) is 8.08. The molecule has 0 unspecified atom stereocenters. The molecule has 0 saturated carbocycles. The van der Waals surface area contributed by atoms with E-state index in [2.05, 4.69) is 19.9 Å². The second-order valence-corrected chi connectivity index (χ2v) is 7.52. The summed E-state index contributed by atoms with van der Waals surface area (Å²) in [6.07, 6.45) is 2.16. The minimum atomic E-state index is -0.213. The molecule has 0 aliphatic carbocycles. The summed E-state index contributed by atoms with van der Waals surface area (Å²) in [5.74, 6) is 1.43. The summed E-state index contributed by atoms with van der Waals surface area (Å²) in [5.41, 5.74) is 1.77. The normalized spacial score (nSPS) is 14.8. The lowest BCUT2D eigenvalue weighted by molar-refractivity contribution is 0.0322. The van der Waals surface area contributed by atoms with Gasteiger partial charge in [0.1, 0.15) is 18.2 Å². The topological polar surface area (TPSA) is 85.3 Å². The molecular formula is C21H28ClN5O3.